The highest BCUT2D eigenvalue weighted by molar-refractivity contribution is 7.99. The second-order valence-corrected chi connectivity index (χ2v) is 8.63. The molecule has 0 atom stereocenters. The van der Waals surface area contributed by atoms with E-state index < -0.39 is 5.82 Å². The maximum absolute atomic E-state index is 13.2. The quantitative estimate of drug-likeness (QED) is 0.396. The fourth-order valence-electron chi connectivity index (χ4n) is 2.70. The normalized spacial score (nSPS) is 10.8. The molecule has 1 heterocycles. The van der Waals surface area contributed by atoms with Crippen molar-refractivity contribution >= 4 is 69.8 Å². The van der Waals surface area contributed by atoms with Gasteiger partial charge in [0.05, 0.1) is 27.2 Å². The SMILES string of the molecule is CCn1c(CC(=O)Nc2ccc(Cl)c(Cl)c2)nnc1SCC(=O)Nc1ccc(F)c(Cl)c1. The molecule has 0 fully saturated rings. The molecule has 0 radical (unpaired) electrons. The van der Waals surface area contributed by atoms with E-state index in [-0.39, 0.29) is 29.0 Å². The van der Waals surface area contributed by atoms with E-state index >= 15 is 0 Å². The summed E-state index contributed by atoms with van der Waals surface area (Å²) >= 11 is 18.7. The third-order valence-corrected chi connectivity index (χ3v) is 6.16. The molecule has 0 saturated heterocycles. The Bertz CT molecular complexity index is 1160. The fraction of sp³-hybridized carbons (Fsp3) is 0.200. The summed E-state index contributed by atoms with van der Waals surface area (Å²) < 4.78 is 15.0. The molecule has 2 aromatic carbocycles. The Morgan fingerprint density at radius 2 is 1.62 bits per heavy atom. The van der Waals surface area contributed by atoms with Crippen molar-refractivity contribution in [1.82, 2.24) is 14.8 Å². The number of aromatic nitrogens is 3. The largest absolute Gasteiger partial charge is 0.326 e. The smallest absolute Gasteiger partial charge is 0.234 e. The molecule has 0 aliphatic heterocycles. The number of hydrogen-bond donors (Lipinski definition) is 2. The van der Waals surface area contributed by atoms with Gasteiger partial charge in [0.25, 0.3) is 0 Å². The lowest BCUT2D eigenvalue weighted by atomic mass is 10.3. The van der Waals surface area contributed by atoms with E-state index in [1.807, 2.05) is 6.92 Å². The molecule has 0 unspecified atom stereocenters. The van der Waals surface area contributed by atoms with Crippen molar-refractivity contribution < 1.29 is 14.0 Å². The van der Waals surface area contributed by atoms with Crippen LogP contribution in [0.3, 0.4) is 0 Å². The van der Waals surface area contributed by atoms with Crippen LogP contribution >= 0.6 is 46.6 Å². The van der Waals surface area contributed by atoms with Gasteiger partial charge in [-0.2, -0.15) is 0 Å². The molecule has 0 spiro atoms. The molecule has 0 saturated carbocycles. The summed E-state index contributed by atoms with van der Waals surface area (Å²) in [7, 11) is 0. The second-order valence-electron chi connectivity index (χ2n) is 6.46. The Morgan fingerprint density at radius 1 is 0.969 bits per heavy atom. The monoisotopic (exact) mass is 515 g/mol. The lowest BCUT2D eigenvalue weighted by Gasteiger charge is -2.09. The Labute approximate surface area is 202 Å². The second kappa shape index (κ2) is 11.0. The van der Waals surface area contributed by atoms with Crippen LogP contribution in [0.4, 0.5) is 15.8 Å². The zero-order valence-corrected chi connectivity index (χ0v) is 19.7. The first-order valence-corrected chi connectivity index (χ1v) is 11.4. The standard InChI is InChI=1S/C20H17Cl3FN5O2S/c1-2-29-17(9-18(30)25-11-3-5-13(21)14(22)7-11)27-28-20(29)32-10-19(31)26-12-4-6-16(24)15(23)8-12/h3-8H,2,9-10H2,1H3,(H,25,30)(H,26,31). The van der Waals surface area contributed by atoms with Crippen LogP contribution in [0.25, 0.3) is 0 Å². The van der Waals surface area contributed by atoms with Crippen LogP contribution in [0.5, 0.6) is 0 Å². The highest BCUT2D eigenvalue weighted by Crippen LogP contribution is 2.25. The van der Waals surface area contributed by atoms with Crippen molar-refractivity contribution in [2.45, 2.75) is 25.0 Å². The first-order valence-electron chi connectivity index (χ1n) is 9.31. The minimum absolute atomic E-state index is 0.0120. The van der Waals surface area contributed by atoms with Crippen LogP contribution < -0.4 is 10.6 Å². The number of hydrogen-bond acceptors (Lipinski definition) is 5. The highest BCUT2D eigenvalue weighted by atomic mass is 35.5. The zero-order chi connectivity index (χ0) is 23.3. The molecule has 3 rings (SSSR count). The summed E-state index contributed by atoms with van der Waals surface area (Å²) in [6.07, 6.45) is -0.0120. The van der Waals surface area contributed by atoms with Gasteiger partial charge in [0.1, 0.15) is 11.6 Å². The summed E-state index contributed by atoms with van der Waals surface area (Å²) in [5.74, 6) is -0.679. The number of thioether (sulfide) groups is 1. The summed E-state index contributed by atoms with van der Waals surface area (Å²) in [5, 5.41) is 14.7. The maximum atomic E-state index is 13.2. The van der Waals surface area contributed by atoms with Crippen LogP contribution in [-0.2, 0) is 22.6 Å². The third-order valence-electron chi connectivity index (χ3n) is 4.17. The minimum Gasteiger partial charge on any atom is -0.326 e. The van der Waals surface area contributed by atoms with E-state index in [0.29, 0.717) is 38.9 Å². The number of carbonyl (C=O) groups is 2. The van der Waals surface area contributed by atoms with Gasteiger partial charge in [0, 0.05) is 17.9 Å². The molecule has 0 aliphatic carbocycles. The summed E-state index contributed by atoms with van der Waals surface area (Å²) in [6.45, 7) is 2.40. The van der Waals surface area contributed by atoms with Gasteiger partial charge in [-0.25, -0.2) is 4.39 Å². The maximum Gasteiger partial charge on any atom is 0.234 e. The van der Waals surface area contributed by atoms with E-state index in [1.54, 1.807) is 22.8 Å². The molecular weight excluding hydrogens is 500 g/mol. The zero-order valence-electron chi connectivity index (χ0n) is 16.7. The molecule has 32 heavy (non-hydrogen) atoms. The van der Waals surface area contributed by atoms with Crippen molar-refractivity contribution in [3.05, 3.63) is 63.1 Å². The lowest BCUT2D eigenvalue weighted by molar-refractivity contribution is -0.116. The van der Waals surface area contributed by atoms with Gasteiger partial charge in [0.2, 0.25) is 11.8 Å². The molecule has 0 aliphatic rings. The van der Waals surface area contributed by atoms with Gasteiger partial charge >= 0.3 is 0 Å². The number of nitrogens with one attached hydrogen (secondary N) is 2. The van der Waals surface area contributed by atoms with E-state index in [4.69, 9.17) is 34.8 Å². The van der Waals surface area contributed by atoms with E-state index in [0.717, 1.165) is 0 Å². The van der Waals surface area contributed by atoms with Gasteiger partial charge in [-0.15, -0.1) is 10.2 Å². The van der Waals surface area contributed by atoms with Crippen LogP contribution in [0.1, 0.15) is 12.7 Å². The molecule has 1 aromatic heterocycles. The topological polar surface area (TPSA) is 88.9 Å². The Balaban J connectivity index is 1.58. The molecule has 3 aromatic rings. The Morgan fingerprint density at radius 3 is 2.28 bits per heavy atom. The van der Waals surface area contributed by atoms with Crippen molar-refractivity contribution in [2.75, 3.05) is 16.4 Å². The molecule has 7 nitrogen and oxygen atoms in total. The van der Waals surface area contributed by atoms with Crippen LogP contribution in [0.2, 0.25) is 15.1 Å². The van der Waals surface area contributed by atoms with Crippen molar-refractivity contribution in [1.29, 1.82) is 0 Å². The Hall–Kier alpha value is -2.33. The average molecular weight is 517 g/mol. The molecule has 0 bridgehead atoms. The predicted molar refractivity (Wildman–Crippen MR) is 125 cm³/mol. The first kappa shape index (κ1) is 24.3. The van der Waals surface area contributed by atoms with Crippen LogP contribution in [0.15, 0.2) is 41.6 Å². The van der Waals surface area contributed by atoms with Gasteiger partial charge in [-0.1, -0.05) is 46.6 Å². The minimum atomic E-state index is -0.564. The first-order chi connectivity index (χ1) is 15.3. The third kappa shape index (κ3) is 6.35. The molecule has 12 heteroatoms. The van der Waals surface area contributed by atoms with E-state index in [1.165, 1.54) is 30.0 Å². The van der Waals surface area contributed by atoms with Crippen molar-refractivity contribution in [2.24, 2.45) is 0 Å². The number of nitrogens with zero attached hydrogens (tertiary/aromatic N) is 3. The summed E-state index contributed by atoms with van der Waals surface area (Å²) in [5.41, 5.74) is 0.901. The van der Waals surface area contributed by atoms with E-state index in [9.17, 15) is 14.0 Å². The van der Waals surface area contributed by atoms with Crippen LogP contribution in [-0.4, -0.2) is 32.3 Å². The Kier molecular flexibility index (Phi) is 8.36. The van der Waals surface area contributed by atoms with Gasteiger partial charge in [-0.3, -0.25) is 9.59 Å². The number of benzene rings is 2. The van der Waals surface area contributed by atoms with Gasteiger partial charge in [0.15, 0.2) is 5.16 Å². The predicted octanol–water partition coefficient (Wildman–Crippen LogP) is 5.31. The molecule has 2 amide bonds. The number of halogens is 4. The molecule has 168 valence electrons. The van der Waals surface area contributed by atoms with E-state index in [2.05, 4.69) is 20.8 Å². The summed E-state index contributed by atoms with van der Waals surface area (Å²) in [6, 6.07) is 8.72. The lowest BCUT2D eigenvalue weighted by Crippen LogP contribution is -2.18. The molecule has 2 N–H and O–H groups in total. The fourth-order valence-corrected chi connectivity index (χ4v) is 4.00. The molecular formula is C20H17Cl3FN5O2S. The van der Waals surface area contributed by atoms with Gasteiger partial charge in [-0.05, 0) is 43.3 Å². The average Bonchev–Trinajstić information content (AvgIpc) is 3.13. The van der Waals surface area contributed by atoms with Crippen molar-refractivity contribution in [3.8, 4) is 0 Å². The van der Waals surface area contributed by atoms with Gasteiger partial charge < -0.3 is 15.2 Å². The highest BCUT2D eigenvalue weighted by Gasteiger charge is 2.16. The summed E-state index contributed by atoms with van der Waals surface area (Å²) in [4.78, 5) is 24.6. The number of carbonyl (C=O) groups excluding carboxylic acids is 2. The number of amides is 2. The van der Waals surface area contributed by atoms with Crippen LogP contribution in [0, 0.1) is 5.82 Å². The number of rotatable bonds is 8. The number of anilines is 2. The van der Waals surface area contributed by atoms with Crippen molar-refractivity contribution in [3.63, 3.8) is 0 Å².